The van der Waals surface area contributed by atoms with E-state index in [0.717, 1.165) is 48.0 Å². The molecule has 0 spiro atoms. The molecule has 12 heteroatoms. The summed E-state index contributed by atoms with van der Waals surface area (Å²) in [5.41, 5.74) is 3.34. The van der Waals surface area contributed by atoms with Gasteiger partial charge < -0.3 is 14.1 Å². The fourth-order valence-corrected chi connectivity index (χ4v) is 10.0. The molecule has 0 radical (unpaired) electrons. The van der Waals surface area contributed by atoms with Crippen LogP contribution in [0.2, 0.25) is 0 Å². The van der Waals surface area contributed by atoms with E-state index in [1.165, 1.54) is 31.2 Å². The molecule has 3 fully saturated rings. The second-order valence-corrected chi connectivity index (χ2v) is 15.8. The molecule has 12 nitrogen and oxygen atoms in total. The van der Waals surface area contributed by atoms with E-state index in [0.29, 0.717) is 53.3 Å². The van der Waals surface area contributed by atoms with Crippen molar-refractivity contribution in [1.82, 2.24) is 43.4 Å². The van der Waals surface area contributed by atoms with Crippen molar-refractivity contribution in [3.8, 4) is 0 Å². The van der Waals surface area contributed by atoms with E-state index in [1.807, 2.05) is 18.3 Å². The molecule has 10 rings (SSSR count). The van der Waals surface area contributed by atoms with E-state index in [4.69, 9.17) is 4.98 Å². The van der Waals surface area contributed by atoms with Crippen LogP contribution in [0, 0.1) is 5.92 Å². The summed E-state index contributed by atoms with van der Waals surface area (Å²) in [5, 5.41) is 2.75. The zero-order chi connectivity index (χ0) is 36.5. The Hall–Kier alpha value is -5.33. The Balaban J connectivity index is 1.10. The third kappa shape index (κ3) is 5.45. The zero-order valence-corrected chi connectivity index (χ0v) is 30.5. The highest BCUT2D eigenvalue weighted by Crippen LogP contribution is 2.40. The molecule has 1 aromatic carbocycles. The maximum atomic E-state index is 13.8. The van der Waals surface area contributed by atoms with E-state index in [2.05, 4.69) is 77.3 Å². The number of nitrogens with one attached hydrogen (secondary N) is 2. The van der Waals surface area contributed by atoms with Gasteiger partial charge in [-0.05, 0) is 55.8 Å². The lowest BCUT2D eigenvalue weighted by atomic mass is 9.91. The second kappa shape index (κ2) is 13.2. The summed E-state index contributed by atoms with van der Waals surface area (Å²) in [6, 6.07) is 16.9. The summed E-state index contributed by atoms with van der Waals surface area (Å²) in [4.78, 5) is 60.7. The van der Waals surface area contributed by atoms with Gasteiger partial charge in [0.1, 0.15) is 11.3 Å². The number of H-pyrrole nitrogens is 2. The number of pyridine rings is 3. The first-order valence-corrected chi connectivity index (χ1v) is 19.6. The van der Waals surface area contributed by atoms with E-state index in [-0.39, 0.29) is 23.7 Å². The summed E-state index contributed by atoms with van der Waals surface area (Å²) < 4.78 is 6.41. The number of piperidine rings is 2. The first kappa shape index (κ1) is 33.3. The number of benzene rings is 1. The fourth-order valence-electron chi connectivity index (χ4n) is 10.0. The number of hydrogen-bond donors (Lipinski definition) is 2. The lowest BCUT2D eigenvalue weighted by Gasteiger charge is -2.42. The Morgan fingerprint density at radius 1 is 0.778 bits per heavy atom. The van der Waals surface area contributed by atoms with Gasteiger partial charge in [-0.3, -0.25) is 28.9 Å². The van der Waals surface area contributed by atoms with Crippen molar-refractivity contribution in [3.05, 3.63) is 116 Å². The standard InChI is InChI=1S/C42H45N9O3/c1-26-12-17-47(28-9-5-6-10-28)25-34(26)49-20-15-35(52)32-22-45-40-31(37(32)49)14-19-50(40)36-21-29(13-18-48(36)24-27-7-3-2-4-8-27)51-38-30-11-16-43-39(30)44-23-33(38)41(53)46-42(51)54/h2-4,7-8,11,14-16,19-20,22-23,26,28-29,34,36H,5-6,9-10,12-13,17-18,21,24-25H2,1H3,(H,43,44)(H,46,53,54)/t26-,29?,34+,36?/m1/s1. The van der Waals surface area contributed by atoms with Crippen LogP contribution < -0.4 is 16.7 Å². The molecule has 276 valence electrons. The Labute approximate surface area is 311 Å². The average Bonchev–Trinajstić information content (AvgIpc) is 3.98. The zero-order valence-electron chi connectivity index (χ0n) is 30.5. The third-order valence-corrected chi connectivity index (χ3v) is 12.8. The Bertz CT molecular complexity index is 2700. The van der Waals surface area contributed by atoms with Crippen LogP contribution >= 0.6 is 0 Å². The number of nitrogens with zero attached hydrogens (tertiary/aromatic N) is 7. The molecule has 8 heterocycles. The molecule has 6 aromatic heterocycles. The third-order valence-electron chi connectivity index (χ3n) is 12.8. The van der Waals surface area contributed by atoms with Crippen molar-refractivity contribution in [1.29, 1.82) is 0 Å². The highest BCUT2D eigenvalue weighted by molar-refractivity contribution is 6.03. The summed E-state index contributed by atoms with van der Waals surface area (Å²) in [5.74, 6) is 0.464. The van der Waals surface area contributed by atoms with Crippen LogP contribution in [0.15, 0.2) is 93.9 Å². The average molecular weight is 724 g/mol. The minimum atomic E-state index is -0.433. The van der Waals surface area contributed by atoms with E-state index in [9.17, 15) is 14.4 Å². The molecule has 54 heavy (non-hydrogen) atoms. The number of likely N-dealkylation sites (tertiary alicyclic amines) is 2. The number of fused-ring (bicyclic) bond motifs is 6. The molecule has 2 N–H and O–H groups in total. The van der Waals surface area contributed by atoms with Crippen LogP contribution in [-0.2, 0) is 6.54 Å². The molecule has 0 amide bonds. The van der Waals surface area contributed by atoms with Crippen molar-refractivity contribution in [2.75, 3.05) is 19.6 Å². The van der Waals surface area contributed by atoms with E-state index in [1.54, 1.807) is 29.2 Å². The van der Waals surface area contributed by atoms with E-state index < -0.39 is 11.2 Å². The van der Waals surface area contributed by atoms with Gasteiger partial charge in [-0.2, -0.15) is 0 Å². The van der Waals surface area contributed by atoms with Crippen LogP contribution in [-0.4, -0.2) is 69.1 Å². The highest BCUT2D eigenvalue weighted by atomic mass is 16.2. The number of aromatic nitrogens is 7. The number of hydrogen-bond acceptors (Lipinski definition) is 7. The minimum absolute atomic E-state index is 0.0159. The first-order valence-electron chi connectivity index (χ1n) is 19.6. The van der Waals surface area contributed by atoms with Crippen LogP contribution in [0.5, 0.6) is 0 Å². The normalized spacial score (nSPS) is 23.4. The molecular weight excluding hydrogens is 679 g/mol. The van der Waals surface area contributed by atoms with Gasteiger partial charge in [0.2, 0.25) is 0 Å². The van der Waals surface area contributed by atoms with Crippen LogP contribution in [0.1, 0.15) is 75.7 Å². The second-order valence-electron chi connectivity index (χ2n) is 15.8. The lowest BCUT2D eigenvalue weighted by molar-refractivity contribution is 0.0628. The van der Waals surface area contributed by atoms with Crippen LogP contribution in [0.4, 0.5) is 0 Å². The van der Waals surface area contributed by atoms with Crippen LogP contribution in [0.25, 0.3) is 43.9 Å². The fraction of sp³-hybridized carbons (Fsp3) is 0.405. The van der Waals surface area contributed by atoms with Gasteiger partial charge >= 0.3 is 5.69 Å². The van der Waals surface area contributed by atoms with Crippen molar-refractivity contribution in [2.24, 2.45) is 5.92 Å². The quantitative estimate of drug-likeness (QED) is 0.212. The number of rotatable bonds is 6. The molecular formula is C42H45N9O3. The SMILES string of the molecule is C[C@@H]1CCN(C2CCCC2)C[C@@H]1n1ccc(=O)c2cnc3c(ccn3C3CC(n4c(=O)[nH]c(=O)c5cnc6[nH]ccc6c54)CCN3Cc3ccccc3)c21. The van der Waals surface area contributed by atoms with Gasteiger partial charge in [0.15, 0.2) is 5.43 Å². The minimum Gasteiger partial charge on any atom is -0.346 e. The maximum absolute atomic E-state index is 13.8. The molecule has 1 aliphatic carbocycles. The van der Waals surface area contributed by atoms with Gasteiger partial charge in [-0.1, -0.05) is 50.1 Å². The Kier molecular flexibility index (Phi) is 8.13. The predicted molar refractivity (Wildman–Crippen MR) is 211 cm³/mol. The molecule has 2 aliphatic heterocycles. The summed E-state index contributed by atoms with van der Waals surface area (Å²) in [6.07, 6.45) is 16.7. The smallest absolute Gasteiger partial charge is 0.329 e. The van der Waals surface area contributed by atoms with Gasteiger partial charge in [0.25, 0.3) is 5.56 Å². The molecule has 2 saturated heterocycles. The van der Waals surface area contributed by atoms with Gasteiger partial charge in [0.05, 0.1) is 28.0 Å². The number of aromatic amines is 2. The van der Waals surface area contributed by atoms with Crippen molar-refractivity contribution in [3.63, 3.8) is 0 Å². The summed E-state index contributed by atoms with van der Waals surface area (Å²) >= 11 is 0. The largest absolute Gasteiger partial charge is 0.346 e. The molecule has 7 aromatic rings. The van der Waals surface area contributed by atoms with Crippen molar-refractivity contribution >= 4 is 43.9 Å². The first-order chi connectivity index (χ1) is 26.4. The summed E-state index contributed by atoms with van der Waals surface area (Å²) in [7, 11) is 0. The van der Waals surface area contributed by atoms with Crippen molar-refractivity contribution < 1.29 is 0 Å². The lowest BCUT2D eigenvalue weighted by Crippen LogP contribution is -2.45. The molecule has 2 unspecified atom stereocenters. The molecule has 0 bridgehead atoms. The maximum Gasteiger partial charge on any atom is 0.329 e. The van der Waals surface area contributed by atoms with Gasteiger partial charge in [-0.15, -0.1) is 0 Å². The molecule has 4 atom stereocenters. The Morgan fingerprint density at radius 2 is 1.59 bits per heavy atom. The van der Waals surface area contributed by atoms with Crippen molar-refractivity contribution in [2.45, 2.75) is 82.7 Å². The molecule has 3 aliphatic rings. The van der Waals surface area contributed by atoms with Gasteiger partial charge in [-0.25, -0.2) is 14.8 Å². The monoisotopic (exact) mass is 723 g/mol. The topological polar surface area (TPSA) is 130 Å². The highest BCUT2D eigenvalue weighted by Gasteiger charge is 2.35. The summed E-state index contributed by atoms with van der Waals surface area (Å²) in [6.45, 7) is 5.91. The predicted octanol–water partition coefficient (Wildman–Crippen LogP) is 6.09. The van der Waals surface area contributed by atoms with E-state index >= 15 is 0 Å². The van der Waals surface area contributed by atoms with Crippen LogP contribution in [0.3, 0.4) is 0 Å². The Morgan fingerprint density at radius 3 is 2.44 bits per heavy atom. The molecule has 1 saturated carbocycles. The van der Waals surface area contributed by atoms with Gasteiger partial charge in [0, 0.05) is 92.0 Å².